The number of thiazole rings is 1. The summed E-state index contributed by atoms with van der Waals surface area (Å²) < 4.78 is 33.7. The van der Waals surface area contributed by atoms with Crippen LogP contribution in [0.25, 0.3) is 11.1 Å². The first kappa shape index (κ1) is 20.8. The summed E-state index contributed by atoms with van der Waals surface area (Å²) in [7, 11) is -3.75. The molecule has 0 fully saturated rings. The number of carbonyl (C=O) groups excluding carboxylic acids is 1. The molecule has 0 spiro atoms. The second kappa shape index (κ2) is 8.74. The Labute approximate surface area is 181 Å². The maximum Gasteiger partial charge on any atom is 0.419 e. The van der Waals surface area contributed by atoms with Gasteiger partial charge in [0, 0.05) is 30.2 Å². The van der Waals surface area contributed by atoms with Gasteiger partial charge in [-0.25, -0.2) is 18.2 Å². The highest BCUT2D eigenvalue weighted by Gasteiger charge is 2.15. The zero-order valence-electron chi connectivity index (χ0n) is 16.1. The molecular formula is C20H18N4O5S2. The molecule has 0 atom stereocenters. The number of aryl methyl sites for hydroxylation is 1. The number of anilines is 2. The molecule has 4 rings (SSSR count). The summed E-state index contributed by atoms with van der Waals surface area (Å²) in [6.45, 7) is 0.350. The lowest BCUT2D eigenvalue weighted by atomic mass is 10.2. The van der Waals surface area contributed by atoms with E-state index in [0.717, 1.165) is 0 Å². The van der Waals surface area contributed by atoms with Gasteiger partial charge in [-0.05, 0) is 42.8 Å². The molecule has 0 aliphatic carbocycles. The predicted molar refractivity (Wildman–Crippen MR) is 118 cm³/mol. The van der Waals surface area contributed by atoms with E-state index in [0.29, 0.717) is 29.8 Å². The fourth-order valence-corrected chi connectivity index (χ4v) is 4.80. The average molecular weight is 459 g/mol. The monoisotopic (exact) mass is 458 g/mol. The Morgan fingerprint density at radius 2 is 1.90 bits per heavy atom. The minimum Gasteiger partial charge on any atom is -0.408 e. The fraction of sp³-hybridized carbons (Fsp3) is 0.150. The lowest BCUT2D eigenvalue weighted by molar-refractivity contribution is -0.116. The molecule has 0 aliphatic heterocycles. The van der Waals surface area contributed by atoms with Crippen molar-refractivity contribution >= 4 is 49.2 Å². The number of benzene rings is 2. The van der Waals surface area contributed by atoms with E-state index in [1.165, 1.54) is 46.4 Å². The van der Waals surface area contributed by atoms with Crippen LogP contribution in [0.2, 0.25) is 0 Å². The Bertz CT molecular complexity index is 1360. The Hall–Kier alpha value is -3.44. The summed E-state index contributed by atoms with van der Waals surface area (Å²) in [4.78, 5) is 28.1. The molecule has 0 bridgehead atoms. The van der Waals surface area contributed by atoms with Crippen molar-refractivity contribution in [3.63, 3.8) is 0 Å². The fourth-order valence-electron chi connectivity index (χ4n) is 3.01. The quantitative estimate of drug-likeness (QED) is 0.418. The smallest absolute Gasteiger partial charge is 0.408 e. The standard InChI is InChI=1S/C20H18N4O5S2/c25-18(6-3-12-24-16-4-1-2-5-17(16)29-20(24)26)22-14-7-9-15(10-8-14)31(27,28)23-19-21-11-13-30-19/h1-2,4-5,7-11,13H,3,6,12H2,(H,21,23)(H,22,25). The highest BCUT2D eigenvalue weighted by atomic mass is 32.2. The number of amides is 1. The number of hydrogen-bond donors (Lipinski definition) is 2. The highest BCUT2D eigenvalue weighted by molar-refractivity contribution is 7.93. The molecule has 2 N–H and O–H groups in total. The van der Waals surface area contributed by atoms with Crippen LogP contribution in [0.3, 0.4) is 0 Å². The second-order valence-electron chi connectivity index (χ2n) is 6.61. The van der Waals surface area contributed by atoms with Crippen molar-refractivity contribution in [3.05, 3.63) is 70.7 Å². The van der Waals surface area contributed by atoms with E-state index < -0.39 is 15.8 Å². The van der Waals surface area contributed by atoms with Gasteiger partial charge in [-0.1, -0.05) is 12.1 Å². The van der Waals surface area contributed by atoms with Crippen molar-refractivity contribution in [1.29, 1.82) is 0 Å². The third-order valence-corrected chi connectivity index (χ3v) is 6.63. The minimum absolute atomic E-state index is 0.0620. The Morgan fingerprint density at radius 3 is 2.65 bits per heavy atom. The van der Waals surface area contributed by atoms with Crippen molar-refractivity contribution in [2.24, 2.45) is 0 Å². The Kier molecular flexibility index (Phi) is 5.87. The Balaban J connectivity index is 1.32. The first-order chi connectivity index (χ1) is 14.9. The lowest BCUT2D eigenvalue weighted by Crippen LogP contribution is -2.17. The average Bonchev–Trinajstić information content (AvgIpc) is 3.35. The molecule has 4 aromatic rings. The van der Waals surface area contributed by atoms with Crippen LogP contribution in [0, 0.1) is 0 Å². The van der Waals surface area contributed by atoms with E-state index in [1.807, 2.05) is 6.07 Å². The Morgan fingerprint density at radius 1 is 1.13 bits per heavy atom. The van der Waals surface area contributed by atoms with Crippen LogP contribution < -0.4 is 15.8 Å². The zero-order chi connectivity index (χ0) is 21.8. The van der Waals surface area contributed by atoms with Crippen molar-refractivity contribution in [2.45, 2.75) is 24.3 Å². The summed E-state index contributed by atoms with van der Waals surface area (Å²) in [5.74, 6) is -0.692. The number of aromatic nitrogens is 2. The van der Waals surface area contributed by atoms with Gasteiger partial charge in [0.05, 0.1) is 10.4 Å². The number of fused-ring (bicyclic) bond motifs is 1. The SMILES string of the molecule is O=C(CCCn1c(=O)oc2ccccc21)Nc1ccc(S(=O)(=O)Nc2nccs2)cc1. The van der Waals surface area contributed by atoms with Crippen LogP contribution in [0.1, 0.15) is 12.8 Å². The number of nitrogens with one attached hydrogen (secondary N) is 2. The van der Waals surface area contributed by atoms with Crippen molar-refractivity contribution < 1.29 is 17.6 Å². The third kappa shape index (κ3) is 4.84. The molecular weight excluding hydrogens is 440 g/mol. The van der Waals surface area contributed by atoms with E-state index in [2.05, 4.69) is 15.0 Å². The third-order valence-electron chi connectivity index (χ3n) is 4.46. The summed E-state index contributed by atoms with van der Waals surface area (Å²) >= 11 is 1.18. The van der Waals surface area contributed by atoms with Gasteiger partial charge in [0.1, 0.15) is 0 Å². The molecule has 0 unspecified atom stereocenters. The minimum atomic E-state index is -3.75. The summed E-state index contributed by atoms with van der Waals surface area (Å²) in [6, 6.07) is 13.0. The van der Waals surface area contributed by atoms with Crippen LogP contribution in [0.4, 0.5) is 10.8 Å². The van der Waals surface area contributed by atoms with Crippen LogP contribution >= 0.6 is 11.3 Å². The topological polar surface area (TPSA) is 123 Å². The largest absolute Gasteiger partial charge is 0.419 e. The molecule has 2 heterocycles. The van der Waals surface area contributed by atoms with Crippen LogP contribution in [0.5, 0.6) is 0 Å². The summed E-state index contributed by atoms with van der Waals surface area (Å²) in [5.41, 5.74) is 1.68. The second-order valence-corrected chi connectivity index (χ2v) is 9.18. The van der Waals surface area contributed by atoms with E-state index >= 15 is 0 Å². The molecule has 1 amide bonds. The molecule has 0 aliphatic rings. The number of para-hydroxylation sites is 2. The van der Waals surface area contributed by atoms with E-state index in [1.54, 1.807) is 23.6 Å². The zero-order valence-corrected chi connectivity index (χ0v) is 17.8. The predicted octanol–water partition coefficient (Wildman–Crippen LogP) is 3.27. The molecule has 0 radical (unpaired) electrons. The maximum atomic E-state index is 12.3. The van der Waals surface area contributed by atoms with Gasteiger partial charge in [0.15, 0.2) is 10.7 Å². The molecule has 2 aromatic carbocycles. The van der Waals surface area contributed by atoms with Crippen LogP contribution in [-0.4, -0.2) is 23.9 Å². The summed E-state index contributed by atoms with van der Waals surface area (Å²) in [5, 5.41) is 4.67. The van der Waals surface area contributed by atoms with Gasteiger partial charge < -0.3 is 9.73 Å². The number of carbonyl (C=O) groups is 1. The van der Waals surface area contributed by atoms with Crippen molar-refractivity contribution in [3.8, 4) is 0 Å². The van der Waals surface area contributed by atoms with Gasteiger partial charge in [0.2, 0.25) is 5.91 Å². The number of sulfonamides is 1. The number of nitrogens with zero attached hydrogens (tertiary/aromatic N) is 2. The van der Waals surface area contributed by atoms with Gasteiger partial charge in [-0.15, -0.1) is 11.3 Å². The van der Waals surface area contributed by atoms with Gasteiger partial charge in [-0.2, -0.15) is 0 Å². The molecule has 2 aromatic heterocycles. The van der Waals surface area contributed by atoms with Gasteiger partial charge in [-0.3, -0.25) is 14.1 Å². The normalized spacial score (nSPS) is 11.5. The molecule has 0 saturated heterocycles. The highest BCUT2D eigenvalue weighted by Crippen LogP contribution is 2.20. The molecule has 160 valence electrons. The molecule has 31 heavy (non-hydrogen) atoms. The van der Waals surface area contributed by atoms with Crippen LogP contribution in [-0.2, 0) is 21.4 Å². The molecule has 11 heteroatoms. The maximum absolute atomic E-state index is 12.3. The summed E-state index contributed by atoms with van der Waals surface area (Å²) in [6.07, 6.45) is 2.14. The van der Waals surface area contributed by atoms with E-state index in [9.17, 15) is 18.0 Å². The van der Waals surface area contributed by atoms with Crippen molar-refractivity contribution in [1.82, 2.24) is 9.55 Å². The number of oxazole rings is 1. The first-order valence-electron chi connectivity index (χ1n) is 9.33. The van der Waals surface area contributed by atoms with E-state index in [-0.39, 0.29) is 22.4 Å². The molecule has 9 nitrogen and oxygen atoms in total. The van der Waals surface area contributed by atoms with Crippen molar-refractivity contribution in [2.75, 3.05) is 10.0 Å². The van der Waals surface area contributed by atoms with Gasteiger partial charge >= 0.3 is 5.76 Å². The van der Waals surface area contributed by atoms with Crippen LogP contribution in [0.15, 0.2) is 74.2 Å². The molecule has 0 saturated carbocycles. The lowest BCUT2D eigenvalue weighted by Gasteiger charge is -2.08. The number of rotatable bonds is 8. The first-order valence-corrected chi connectivity index (χ1v) is 11.7. The van der Waals surface area contributed by atoms with Gasteiger partial charge in [0.25, 0.3) is 10.0 Å². The number of hydrogen-bond acceptors (Lipinski definition) is 7. The van der Waals surface area contributed by atoms with E-state index in [4.69, 9.17) is 4.42 Å².